The smallest absolute Gasteiger partial charge is 0.294 e. The van der Waals surface area contributed by atoms with Crippen molar-refractivity contribution in [1.29, 1.82) is 0 Å². The van der Waals surface area contributed by atoms with Gasteiger partial charge in [-0.25, -0.2) is 0 Å². The second kappa shape index (κ2) is 31.3. The molecule has 0 aliphatic rings. The standard InChI is InChI=1S/C5H12O4.C3H5N3O9.4HNO3/c6-1-5(2-7,3-8)4-9;7-4(8)13-1-3(15-6(11)12)2-14-5(9)10;4*2-1(3)4/h6-9H,1-4H2;3H,1-2H2;4*(H,2,3,4). The Labute approximate surface area is 214 Å². The molecule has 0 spiro atoms. The van der Waals surface area contributed by atoms with Crippen LogP contribution in [0.3, 0.4) is 0 Å². The largest absolute Gasteiger partial charge is 0.396 e. The van der Waals surface area contributed by atoms with E-state index in [9.17, 15) is 30.3 Å². The van der Waals surface area contributed by atoms with Gasteiger partial charge in [0.25, 0.3) is 35.6 Å². The Hall–Kier alpha value is -5.76. The van der Waals surface area contributed by atoms with Crippen LogP contribution >= 0.6 is 0 Å². The summed E-state index contributed by atoms with van der Waals surface area (Å²) >= 11 is 0. The molecule has 0 unspecified atom stereocenters. The lowest BCUT2D eigenvalue weighted by Gasteiger charge is -2.23. The minimum absolute atomic E-state index is 0.406. The third-order valence-corrected chi connectivity index (χ3v) is 2.31. The van der Waals surface area contributed by atoms with Crippen molar-refractivity contribution in [2.24, 2.45) is 5.41 Å². The van der Waals surface area contributed by atoms with Crippen molar-refractivity contribution in [3.8, 4) is 0 Å². The van der Waals surface area contributed by atoms with E-state index in [-0.39, 0.29) is 0 Å². The third-order valence-electron chi connectivity index (χ3n) is 2.31. The second-order valence-electron chi connectivity index (χ2n) is 5.07. The molecule has 238 valence electrons. The van der Waals surface area contributed by atoms with E-state index in [0.717, 1.165) is 0 Å². The summed E-state index contributed by atoms with van der Waals surface area (Å²) in [6.07, 6.45) is -1.55. The van der Waals surface area contributed by atoms with Crippen molar-refractivity contribution in [3.63, 3.8) is 0 Å². The Morgan fingerprint density at radius 1 is 0.500 bits per heavy atom. The van der Waals surface area contributed by atoms with Gasteiger partial charge in [-0.15, -0.1) is 70.8 Å². The average Bonchev–Trinajstić information content (AvgIpc) is 2.76. The number of aliphatic hydroxyl groups excluding tert-OH is 4. The lowest BCUT2D eigenvalue weighted by Crippen LogP contribution is -2.37. The van der Waals surface area contributed by atoms with Gasteiger partial charge in [-0.2, -0.15) is 0 Å². The molecule has 0 aromatic heterocycles. The number of hydrogen-bond acceptors (Lipinski definition) is 21. The van der Waals surface area contributed by atoms with Crippen LogP contribution in [0.15, 0.2) is 0 Å². The first-order chi connectivity index (χ1) is 18.1. The van der Waals surface area contributed by atoms with Crippen LogP contribution in [-0.4, -0.2) is 123 Å². The first kappa shape index (κ1) is 47.4. The molecule has 0 rings (SSSR count). The highest BCUT2D eigenvalue weighted by Gasteiger charge is 2.26. The molecule has 0 heterocycles. The molecule has 8 N–H and O–H groups in total. The molecule has 0 aromatic rings. The van der Waals surface area contributed by atoms with Gasteiger partial charge in [0.05, 0.1) is 31.8 Å². The number of rotatable bonds is 12. The number of nitrogens with zero attached hydrogens (tertiary/aromatic N) is 7. The van der Waals surface area contributed by atoms with Gasteiger partial charge in [0.15, 0.2) is 6.10 Å². The first-order valence-electron chi connectivity index (χ1n) is 8.21. The first-order valence-corrected chi connectivity index (χ1v) is 8.21. The normalized spacial score (nSPS) is 8.62. The lowest BCUT2D eigenvalue weighted by molar-refractivity contribution is -0.803. The molecule has 0 saturated carbocycles. The predicted octanol–water partition coefficient (Wildman–Crippen LogP) is -4.47. The molecule has 32 nitrogen and oxygen atoms in total. The van der Waals surface area contributed by atoms with Crippen molar-refractivity contribution in [2.45, 2.75) is 6.10 Å². The van der Waals surface area contributed by atoms with Crippen LogP contribution in [0.25, 0.3) is 0 Å². The van der Waals surface area contributed by atoms with E-state index < -0.39 is 86.8 Å². The van der Waals surface area contributed by atoms with Crippen LogP contribution in [0.5, 0.6) is 0 Å². The van der Waals surface area contributed by atoms with Gasteiger partial charge in [-0.3, -0.25) is 0 Å². The van der Waals surface area contributed by atoms with E-state index in [1.807, 2.05) is 0 Å². The molecule has 0 saturated heterocycles. The molecule has 0 radical (unpaired) electrons. The molecule has 0 fully saturated rings. The second-order valence-corrected chi connectivity index (χ2v) is 5.07. The molecule has 40 heavy (non-hydrogen) atoms. The average molecular weight is 615 g/mol. The molecule has 0 aliphatic carbocycles. The van der Waals surface area contributed by atoms with Crippen molar-refractivity contribution in [1.82, 2.24) is 0 Å². The SMILES string of the molecule is O=[N+]([O-])O.O=[N+]([O-])O.O=[N+]([O-])O.O=[N+]([O-])O.O=[N+]([O-])OCC(CO[N+](=O)[O-])O[N+](=O)[O-].OCC(CO)(CO)CO. The Morgan fingerprint density at radius 2 is 0.700 bits per heavy atom. The molecule has 0 bridgehead atoms. The van der Waals surface area contributed by atoms with Gasteiger partial charge in [0.1, 0.15) is 13.2 Å². The van der Waals surface area contributed by atoms with Crippen LogP contribution in [0.2, 0.25) is 0 Å². The Balaban J connectivity index is -0.0000000979. The molecule has 0 aromatic carbocycles. The highest BCUT2D eigenvalue weighted by Crippen LogP contribution is 2.11. The minimum atomic E-state index is -1.55. The van der Waals surface area contributed by atoms with Gasteiger partial charge in [-0.1, -0.05) is 0 Å². The van der Waals surface area contributed by atoms with E-state index >= 15 is 0 Å². The summed E-state index contributed by atoms with van der Waals surface area (Å²) in [5.74, 6) is 0. The summed E-state index contributed by atoms with van der Waals surface area (Å²) in [5, 5.41) is 114. The molecular formula is C8H21N7O25. The van der Waals surface area contributed by atoms with Crippen molar-refractivity contribution < 1.29 is 91.4 Å². The van der Waals surface area contributed by atoms with Gasteiger partial charge >= 0.3 is 0 Å². The molecule has 0 atom stereocenters. The van der Waals surface area contributed by atoms with Crippen molar-refractivity contribution in [2.75, 3.05) is 39.6 Å². The maximum Gasteiger partial charge on any atom is 0.294 e. The van der Waals surface area contributed by atoms with Crippen LogP contribution < -0.4 is 0 Å². The monoisotopic (exact) mass is 615 g/mol. The maximum atomic E-state index is 9.83. The van der Waals surface area contributed by atoms with Crippen molar-refractivity contribution in [3.05, 3.63) is 70.8 Å². The zero-order chi connectivity index (χ0) is 33.5. The Bertz CT molecular complexity index is 628. The summed E-state index contributed by atoms with van der Waals surface area (Å²) in [4.78, 5) is 74.0. The summed E-state index contributed by atoms with van der Waals surface area (Å²) in [6.45, 7) is -3.32. The predicted molar refractivity (Wildman–Crippen MR) is 104 cm³/mol. The van der Waals surface area contributed by atoms with E-state index in [4.69, 9.17) is 81.7 Å². The fraction of sp³-hybridized carbons (Fsp3) is 1.00. The highest BCUT2D eigenvalue weighted by atomic mass is 17.0. The maximum absolute atomic E-state index is 9.83. The van der Waals surface area contributed by atoms with E-state index in [1.165, 1.54) is 0 Å². The highest BCUT2D eigenvalue weighted by molar-refractivity contribution is 4.74. The lowest BCUT2D eigenvalue weighted by atomic mass is 9.93. The topological polar surface area (TPSA) is 492 Å². The van der Waals surface area contributed by atoms with E-state index in [1.54, 1.807) is 0 Å². The third kappa shape index (κ3) is 76.8. The quantitative estimate of drug-likeness (QED) is 0.0757. The molecule has 32 heteroatoms. The zero-order valence-electron chi connectivity index (χ0n) is 19.0. The summed E-state index contributed by atoms with van der Waals surface area (Å²) in [5.41, 5.74) is -1.11. The minimum Gasteiger partial charge on any atom is -0.396 e. The number of aliphatic hydroxyl groups is 4. The van der Waals surface area contributed by atoms with Gasteiger partial charge in [0.2, 0.25) is 0 Å². The van der Waals surface area contributed by atoms with Crippen LogP contribution in [0.1, 0.15) is 0 Å². The molecule has 0 amide bonds. The van der Waals surface area contributed by atoms with Crippen LogP contribution in [-0.2, 0) is 14.5 Å². The fourth-order valence-electron chi connectivity index (χ4n) is 0.819. The van der Waals surface area contributed by atoms with E-state index in [0.29, 0.717) is 0 Å². The molecular weight excluding hydrogens is 594 g/mol. The van der Waals surface area contributed by atoms with Gasteiger partial charge in [-0.05, 0) is 0 Å². The molecule has 0 aliphatic heterocycles. The zero-order valence-corrected chi connectivity index (χ0v) is 19.0. The fourth-order valence-corrected chi connectivity index (χ4v) is 0.819. The van der Waals surface area contributed by atoms with Crippen LogP contribution in [0.4, 0.5) is 0 Å². The van der Waals surface area contributed by atoms with Gasteiger partial charge < -0.3 is 55.8 Å². The van der Waals surface area contributed by atoms with Gasteiger partial charge in [0, 0.05) is 0 Å². The summed E-state index contributed by atoms with van der Waals surface area (Å²) in [6, 6.07) is 0. The Morgan fingerprint density at radius 3 is 0.800 bits per heavy atom. The Kier molecular flexibility index (Phi) is 37.1. The van der Waals surface area contributed by atoms with E-state index in [2.05, 4.69) is 14.5 Å². The summed E-state index contributed by atoms with van der Waals surface area (Å²) in [7, 11) is 0. The number of hydrogen-bond donors (Lipinski definition) is 8. The van der Waals surface area contributed by atoms with Crippen molar-refractivity contribution >= 4 is 0 Å². The summed E-state index contributed by atoms with van der Waals surface area (Å²) < 4.78 is 0. The van der Waals surface area contributed by atoms with Crippen LogP contribution in [0, 0.1) is 76.2 Å².